The molecule has 0 aliphatic carbocycles. The summed E-state index contributed by atoms with van der Waals surface area (Å²) in [4.78, 5) is 52.0. The smallest absolute Gasteiger partial charge is 0.395 e. The zero-order valence-corrected chi connectivity index (χ0v) is 21.3. The van der Waals surface area contributed by atoms with Gasteiger partial charge in [0.15, 0.2) is 17.0 Å². The van der Waals surface area contributed by atoms with Crippen LogP contribution in [0.15, 0.2) is 47.5 Å². The Morgan fingerprint density at radius 1 is 1.15 bits per heavy atom. The summed E-state index contributed by atoms with van der Waals surface area (Å²) in [6.07, 6.45) is -2.56. The lowest BCUT2D eigenvalue weighted by Crippen LogP contribution is -2.37. The number of benzene rings is 2. The molecule has 5 rings (SSSR count). The van der Waals surface area contributed by atoms with Gasteiger partial charge in [0.05, 0.1) is 24.5 Å². The molecule has 1 N–H and O–H groups in total. The number of rotatable bonds is 7. The maximum absolute atomic E-state index is 14.5. The number of H-pyrrole nitrogens is 1. The predicted octanol–water partition coefficient (Wildman–Crippen LogP) is 2.93. The number of hydrogen-bond acceptors (Lipinski definition) is 8. The van der Waals surface area contributed by atoms with Gasteiger partial charge in [-0.05, 0) is 37.3 Å². The van der Waals surface area contributed by atoms with Crippen LogP contribution in [0.3, 0.4) is 0 Å². The van der Waals surface area contributed by atoms with E-state index < -0.39 is 36.0 Å². The van der Waals surface area contributed by atoms with Crippen molar-refractivity contribution >= 4 is 28.5 Å². The molecule has 0 saturated heterocycles. The first-order valence-corrected chi connectivity index (χ1v) is 11.8. The summed E-state index contributed by atoms with van der Waals surface area (Å²) in [6, 6.07) is 7.54. The molecule has 0 saturated carbocycles. The largest absolute Gasteiger partial charge is 0.586 e. The third-order valence-corrected chi connectivity index (χ3v) is 6.16. The number of hydrogen-bond donors (Lipinski definition) is 1. The Morgan fingerprint density at radius 3 is 2.62 bits per heavy atom. The number of hydroxylamine groups is 2. The number of alkyl halides is 2. The van der Waals surface area contributed by atoms with Crippen LogP contribution in [0.2, 0.25) is 0 Å². The van der Waals surface area contributed by atoms with Crippen LogP contribution in [-0.2, 0) is 16.2 Å². The minimum Gasteiger partial charge on any atom is -0.395 e. The third-order valence-electron chi connectivity index (χ3n) is 6.16. The van der Waals surface area contributed by atoms with E-state index in [1.165, 1.54) is 55.7 Å². The summed E-state index contributed by atoms with van der Waals surface area (Å²) in [7, 11) is 2.57. The Bertz CT molecular complexity index is 1700. The molecule has 0 fully saturated rings. The number of halogens is 3. The average molecular weight is 558 g/mol. The lowest BCUT2D eigenvalue weighted by Gasteiger charge is -2.21. The van der Waals surface area contributed by atoms with Gasteiger partial charge in [0.1, 0.15) is 18.1 Å². The van der Waals surface area contributed by atoms with Crippen LogP contribution in [-0.4, -0.2) is 63.6 Å². The van der Waals surface area contributed by atoms with Crippen molar-refractivity contribution in [2.24, 2.45) is 0 Å². The summed E-state index contributed by atoms with van der Waals surface area (Å²) in [5, 5.41) is 5.17. The van der Waals surface area contributed by atoms with E-state index in [0.29, 0.717) is 0 Å². The number of ether oxygens (including phenoxy) is 2. The number of nitrogens with zero attached hydrogens (tertiary/aromatic N) is 5. The predicted molar refractivity (Wildman–Crippen MR) is 133 cm³/mol. The zero-order chi connectivity index (χ0) is 28.8. The topological polar surface area (TPSA) is 132 Å². The van der Waals surface area contributed by atoms with Crippen molar-refractivity contribution in [3.8, 4) is 22.8 Å². The van der Waals surface area contributed by atoms with E-state index in [1.807, 2.05) is 0 Å². The second-order valence-electron chi connectivity index (χ2n) is 8.55. The molecule has 0 unspecified atom stereocenters. The second kappa shape index (κ2) is 10.00. The first-order valence-electron chi connectivity index (χ1n) is 11.8. The summed E-state index contributed by atoms with van der Waals surface area (Å²) in [5.74, 6) is -2.59. The van der Waals surface area contributed by atoms with Crippen LogP contribution in [0.4, 0.5) is 18.9 Å². The number of imidazole rings is 1. The molecule has 2 aromatic carbocycles. The molecular formula is C25H21F3N6O6. The molecule has 15 heteroatoms. The number of anilines is 1. The summed E-state index contributed by atoms with van der Waals surface area (Å²) < 4.78 is 51.1. The van der Waals surface area contributed by atoms with Gasteiger partial charge in [-0.3, -0.25) is 19.2 Å². The van der Waals surface area contributed by atoms with E-state index in [4.69, 9.17) is 4.84 Å². The molecule has 12 nitrogen and oxygen atoms in total. The Morgan fingerprint density at radius 2 is 1.90 bits per heavy atom. The number of aromatic nitrogens is 4. The highest BCUT2D eigenvalue weighted by Gasteiger charge is 2.43. The van der Waals surface area contributed by atoms with E-state index in [2.05, 4.69) is 24.5 Å². The number of likely N-dealkylation sites (N-methyl/N-ethyl adjacent to an activating group) is 1. The van der Waals surface area contributed by atoms with Crippen LogP contribution in [0.1, 0.15) is 17.3 Å². The van der Waals surface area contributed by atoms with Crippen molar-refractivity contribution in [2.75, 3.05) is 25.6 Å². The molecule has 1 aliphatic heterocycles. The number of carbonyl (C=O) groups is 2. The van der Waals surface area contributed by atoms with Crippen molar-refractivity contribution in [1.82, 2.24) is 24.8 Å². The van der Waals surface area contributed by atoms with Crippen LogP contribution < -0.4 is 19.9 Å². The standard InChI is InChI=1S/C25H21F3N6O6/c1-4-33(14-6-8-17-18(10-14)40-25(27,28)39-17)19(35)11-34-24(37)22-21(29-12-30-22)20(31-34)13-5-7-16(26)15(9-13)23(36)32(2)38-3/h5-10,12H,4,11H2,1-3H3,(H,29,30). The van der Waals surface area contributed by atoms with Crippen LogP contribution in [0.25, 0.3) is 22.3 Å². The molecule has 2 amide bonds. The number of aromatic amines is 1. The highest BCUT2D eigenvalue weighted by atomic mass is 19.3. The first kappa shape index (κ1) is 26.7. The first-order chi connectivity index (χ1) is 19.0. The quantitative estimate of drug-likeness (QED) is 0.343. The molecular weight excluding hydrogens is 537 g/mol. The van der Waals surface area contributed by atoms with Gasteiger partial charge in [-0.15, -0.1) is 8.78 Å². The van der Waals surface area contributed by atoms with E-state index >= 15 is 0 Å². The molecule has 0 spiro atoms. The summed E-state index contributed by atoms with van der Waals surface area (Å²) >= 11 is 0. The van der Waals surface area contributed by atoms with Crippen LogP contribution in [0, 0.1) is 5.82 Å². The van der Waals surface area contributed by atoms with Gasteiger partial charge < -0.3 is 19.4 Å². The van der Waals surface area contributed by atoms with Crippen molar-refractivity contribution in [2.45, 2.75) is 19.8 Å². The van der Waals surface area contributed by atoms with Gasteiger partial charge in [-0.1, -0.05) is 0 Å². The normalized spacial score (nSPS) is 13.4. The summed E-state index contributed by atoms with van der Waals surface area (Å²) in [6.45, 7) is 1.23. The van der Waals surface area contributed by atoms with Crippen LogP contribution >= 0.6 is 0 Å². The van der Waals surface area contributed by atoms with Crippen LogP contribution in [0.5, 0.6) is 11.5 Å². The van der Waals surface area contributed by atoms with Crippen molar-refractivity contribution in [3.63, 3.8) is 0 Å². The number of fused-ring (bicyclic) bond motifs is 2. The number of carbonyl (C=O) groups excluding carboxylic acids is 2. The van der Waals surface area contributed by atoms with Gasteiger partial charge >= 0.3 is 6.29 Å². The van der Waals surface area contributed by atoms with Gasteiger partial charge in [0.25, 0.3) is 11.5 Å². The molecule has 2 aromatic heterocycles. The average Bonchev–Trinajstić information content (AvgIpc) is 3.53. The molecule has 4 aromatic rings. The fourth-order valence-corrected chi connectivity index (χ4v) is 4.20. The maximum Gasteiger partial charge on any atom is 0.586 e. The van der Waals surface area contributed by atoms with Gasteiger partial charge in [-0.2, -0.15) is 5.10 Å². The Labute approximate surface area is 223 Å². The Hall–Kier alpha value is -4.92. The van der Waals surface area contributed by atoms with Crippen molar-refractivity contribution < 1.29 is 37.1 Å². The van der Waals surface area contributed by atoms with E-state index in [9.17, 15) is 27.6 Å². The third kappa shape index (κ3) is 4.70. The van der Waals surface area contributed by atoms with E-state index in [-0.39, 0.29) is 51.6 Å². The lowest BCUT2D eigenvalue weighted by atomic mass is 10.1. The summed E-state index contributed by atoms with van der Waals surface area (Å²) in [5.41, 5.74) is -0.218. The van der Waals surface area contributed by atoms with Crippen molar-refractivity contribution in [1.29, 1.82) is 0 Å². The molecule has 3 heterocycles. The molecule has 40 heavy (non-hydrogen) atoms. The fourth-order valence-electron chi connectivity index (χ4n) is 4.20. The van der Waals surface area contributed by atoms with Gasteiger partial charge in [-0.25, -0.2) is 19.1 Å². The fraction of sp³-hybridized carbons (Fsp3) is 0.240. The minimum atomic E-state index is -3.82. The molecule has 0 atom stereocenters. The van der Waals surface area contributed by atoms with E-state index in [0.717, 1.165) is 15.8 Å². The molecule has 1 aliphatic rings. The maximum atomic E-state index is 14.5. The van der Waals surface area contributed by atoms with E-state index in [1.54, 1.807) is 6.92 Å². The van der Waals surface area contributed by atoms with Gasteiger partial charge in [0.2, 0.25) is 5.91 Å². The SMILES string of the molecule is CCN(C(=O)Cn1nc(-c2ccc(F)c(C(=O)N(C)OC)c2)c2[nH]cnc2c1=O)c1ccc2c(c1)OC(F)(F)O2. The monoisotopic (exact) mass is 558 g/mol. The second-order valence-corrected chi connectivity index (χ2v) is 8.55. The zero-order valence-electron chi connectivity index (χ0n) is 21.3. The highest BCUT2D eigenvalue weighted by molar-refractivity contribution is 5.97. The Balaban J connectivity index is 1.51. The van der Waals surface area contributed by atoms with Gasteiger partial charge in [0, 0.05) is 30.9 Å². The minimum absolute atomic E-state index is 0.0441. The molecule has 0 bridgehead atoms. The molecule has 208 valence electrons. The number of nitrogens with one attached hydrogen (secondary N) is 1. The lowest BCUT2D eigenvalue weighted by molar-refractivity contribution is -0.286. The molecule has 0 radical (unpaired) electrons. The van der Waals surface area contributed by atoms with Crippen molar-refractivity contribution in [3.05, 3.63) is 64.5 Å². The Kier molecular flexibility index (Phi) is 6.67. The number of amides is 2. The highest BCUT2D eigenvalue weighted by Crippen LogP contribution is 2.42.